The first kappa shape index (κ1) is 40.0. The Morgan fingerprint density at radius 1 is 0.734 bits per heavy atom. The van der Waals surface area contributed by atoms with Gasteiger partial charge in [-0.05, 0) is 109 Å². The number of aromatic nitrogens is 4. The highest BCUT2D eigenvalue weighted by Crippen LogP contribution is 2.51. The zero-order chi connectivity index (χ0) is 43.8. The average molecular weight is 857 g/mol. The number of likely N-dealkylation sites (tertiary alicyclic amines) is 2. The molecule has 326 valence electrons. The van der Waals surface area contributed by atoms with E-state index in [1.807, 2.05) is 54.0 Å². The summed E-state index contributed by atoms with van der Waals surface area (Å²) in [4.78, 5) is 75.0. The minimum Gasteiger partial charge on any atom is -0.453 e. The first-order valence-corrected chi connectivity index (χ1v) is 22.8. The molecule has 5 aromatic carbocycles. The molecule has 0 radical (unpaired) electrons. The predicted octanol–water partition coefficient (Wildman–Crippen LogP) is 8.78. The highest BCUT2D eigenvalue weighted by Gasteiger charge is 2.52. The Bertz CT molecular complexity index is 2990. The monoisotopic (exact) mass is 856 g/mol. The van der Waals surface area contributed by atoms with E-state index in [1.165, 1.54) is 7.11 Å². The van der Waals surface area contributed by atoms with Crippen molar-refractivity contribution in [1.82, 2.24) is 40.4 Å². The summed E-state index contributed by atoms with van der Waals surface area (Å²) in [5.74, 6) is 1.49. The zero-order valence-electron chi connectivity index (χ0n) is 36.3. The lowest BCUT2D eigenvalue weighted by Gasteiger charge is -2.37. The van der Waals surface area contributed by atoms with Crippen molar-refractivity contribution < 1.29 is 23.9 Å². The van der Waals surface area contributed by atoms with Crippen molar-refractivity contribution in [2.45, 2.75) is 89.0 Å². The number of piperidine rings is 1. The van der Waals surface area contributed by atoms with E-state index in [9.17, 15) is 19.2 Å². The maximum absolute atomic E-state index is 14.6. The molecule has 4 N–H and O–H groups in total. The summed E-state index contributed by atoms with van der Waals surface area (Å²) in [7, 11) is 1.30. The van der Waals surface area contributed by atoms with Crippen LogP contribution < -0.4 is 10.6 Å². The molecule has 0 spiro atoms. The van der Waals surface area contributed by atoms with Gasteiger partial charge in [0.1, 0.15) is 23.7 Å². The molecule has 11 rings (SSSR count). The van der Waals surface area contributed by atoms with Gasteiger partial charge in [0.15, 0.2) is 0 Å². The van der Waals surface area contributed by atoms with Crippen molar-refractivity contribution in [3.8, 4) is 11.1 Å². The number of nitrogens with one attached hydrogen (secondary N) is 4. The third-order valence-electron chi connectivity index (χ3n) is 14.3. The average Bonchev–Trinajstić information content (AvgIpc) is 3.80. The third-order valence-corrected chi connectivity index (χ3v) is 14.3. The number of imidazole rings is 2. The van der Waals surface area contributed by atoms with E-state index in [0.717, 1.165) is 117 Å². The highest BCUT2D eigenvalue weighted by molar-refractivity contribution is 6.07. The predicted molar refractivity (Wildman–Crippen MR) is 245 cm³/mol. The Hall–Kier alpha value is -6.76. The van der Waals surface area contributed by atoms with Gasteiger partial charge in [0.05, 0.1) is 41.3 Å². The summed E-state index contributed by atoms with van der Waals surface area (Å²) in [6.45, 7) is 4.42. The Kier molecular flexibility index (Phi) is 9.88. The molecule has 4 amide bonds. The van der Waals surface area contributed by atoms with Crippen LogP contribution in [0.25, 0.3) is 54.7 Å². The molecule has 6 unspecified atom stereocenters. The van der Waals surface area contributed by atoms with Crippen LogP contribution in [0.5, 0.6) is 0 Å². The number of amides is 4. The van der Waals surface area contributed by atoms with E-state index in [1.54, 1.807) is 0 Å². The quantitative estimate of drug-likeness (QED) is 0.107. The maximum Gasteiger partial charge on any atom is 0.407 e. The number of benzene rings is 5. The maximum atomic E-state index is 14.6. The molecule has 13 nitrogen and oxygen atoms in total. The number of ether oxygens (including phenoxy) is 1. The zero-order valence-corrected chi connectivity index (χ0v) is 36.3. The first-order chi connectivity index (χ1) is 31.1. The van der Waals surface area contributed by atoms with E-state index < -0.39 is 18.2 Å². The van der Waals surface area contributed by atoms with Gasteiger partial charge < -0.3 is 35.1 Å². The number of rotatable bonds is 10. The lowest BCUT2D eigenvalue weighted by Crippen LogP contribution is -2.51. The minimum absolute atomic E-state index is 0.00440. The number of nitrogens with zero attached hydrogens (tertiary/aromatic N) is 4. The van der Waals surface area contributed by atoms with Gasteiger partial charge in [-0.1, -0.05) is 80.6 Å². The number of aromatic amines is 2. The lowest BCUT2D eigenvalue weighted by atomic mass is 9.96. The molecular formula is C51H52N8O5. The molecule has 4 heterocycles. The van der Waals surface area contributed by atoms with Gasteiger partial charge in [-0.2, -0.15) is 0 Å². The van der Waals surface area contributed by atoms with E-state index in [0.29, 0.717) is 12.5 Å². The second kappa shape index (κ2) is 15.8. The van der Waals surface area contributed by atoms with Crippen LogP contribution in [0.2, 0.25) is 0 Å². The van der Waals surface area contributed by atoms with Gasteiger partial charge in [-0.15, -0.1) is 0 Å². The standard InChI is InChI=1S/C51H52N8O5/c1-27(2)41(57-51(63)64-3)49(61)58-23-7-10-40(58)46-52-38-21-16-32-24-30(14-19-36(32)43(38)54-46)31-15-20-37-33(25-31)17-22-39-44(37)55-47(53-39)45-34-13-18-35(26-34)59(45)50(62)42(28-8-5-4-6-9-28)56-48(60)29-11-12-29/h4-6,8-9,14-17,19-22,24-25,27,29,34-35,40-42,45H,7,10-13,18,23,26H2,1-3H3,(H,52,54)(H,53,55)(H,56,60)(H,57,63). The number of alkyl carbamates (subject to hydrolysis) is 1. The minimum atomic E-state index is -0.736. The van der Waals surface area contributed by atoms with Crippen molar-refractivity contribution in [2.24, 2.45) is 17.8 Å². The van der Waals surface area contributed by atoms with Gasteiger partial charge in [0, 0.05) is 29.3 Å². The van der Waals surface area contributed by atoms with E-state index in [4.69, 9.17) is 14.7 Å². The Balaban J connectivity index is 0.867. The number of fused-ring (bicyclic) bond motifs is 8. The largest absolute Gasteiger partial charge is 0.453 e. The third kappa shape index (κ3) is 6.92. The number of hydrogen-bond donors (Lipinski definition) is 4. The fourth-order valence-electron chi connectivity index (χ4n) is 10.8. The summed E-state index contributed by atoms with van der Waals surface area (Å²) in [5, 5.41) is 10.0. The summed E-state index contributed by atoms with van der Waals surface area (Å²) in [5.41, 5.74) is 6.55. The Labute approximate surface area is 370 Å². The van der Waals surface area contributed by atoms with Crippen LogP contribution in [0.4, 0.5) is 4.79 Å². The SMILES string of the molecule is COC(=O)NC(C(=O)N1CCCC1c1nc2c(ccc3cc(-c4ccc5c(ccc6[nH]c(C7C8CCC(C8)N7C(=O)C(NC(=O)C7CC7)c7ccccc7)nc65)c4)ccc32)[nH]1)C(C)C. The van der Waals surface area contributed by atoms with E-state index in [2.05, 4.69) is 81.3 Å². The Morgan fingerprint density at radius 3 is 2.03 bits per heavy atom. The molecule has 2 aliphatic heterocycles. The van der Waals surface area contributed by atoms with E-state index >= 15 is 0 Å². The molecule has 4 aliphatic rings. The van der Waals surface area contributed by atoms with Crippen molar-refractivity contribution in [3.63, 3.8) is 0 Å². The molecule has 13 heteroatoms. The fraction of sp³-hybridized carbons (Fsp3) is 0.373. The van der Waals surface area contributed by atoms with Crippen LogP contribution in [-0.2, 0) is 19.1 Å². The topological polar surface area (TPSA) is 165 Å². The van der Waals surface area contributed by atoms with Crippen molar-refractivity contribution in [1.29, 1.82) is 0 Å². The van der Waals surface area contributed by atoms with Crippen LogP contribution in [-0.4, -0.2) is 79.3 Å². The number of methoxy groups -OCH3 is 1. The summed E-state index contributed by atoms with van der Waals surface area (Å²) in [6, 6.07) is 29.2. The fourth-order valence-corrected chi connectivity index (χ4v) is 10.8. The summed E-state index contributed by atoms with van der Waals surface area (Å²) in [6.07, 6.45) is 5.68. The molecular weight excluding hydrogens is 805 g/mol. The van der Waals surface area contributed by atoms with Crippen LogP contribution in [0.15, 0.2) is 91.0 Å². The van der Waals surface area contributed by atoms with Crippen molar-refractivity contribution in [3.05, 3.63) is 108 Å². The summed E-state index contributed by atoms with van der Waals surface area (Å²) >= 11 is 0. The van der Waals surface area contributed by atoms with Gasteiger partial charge in [-0.3, -0.25) is 14.4 Å². The number of carbonyl (C=O) groups is 4. The van der Waals surface area contributed by atoms with Crippen LogP contribution in [0, 0.1) is 17.8 Å². The normalized spacial score (nSPS) is 21.6. The number of carbonyl (C=O) groups excluding carboxylic acids is 4. The Morgan fingerprint density at radius 2 is 1.39 bits per heavy atom. The number of hydrogen-bond acceptors (Lipinski definition) is 7. The van der Waals surface area contributed by atoms with Crippen LogP contribution >= 0.6 is 0 Å². The second-order valence-electron chi connectivity index (χ2n) is 18.6. The van der Waals surface area contributed by atoms with Crippen molar-refractivity contribution in [2.75, 3.05) is 13.7 Å². The molecule has 4 fully saturated rings. The van der Waals surface area contributed by atoms with Crippen LogP contribution in [0.3, 0.4) is 0 Å². The van der Waals surface area contributed by atoms with Gasteiger partial charge in [0.2, 0.25) is 11.8 Å². The summed E-state index contributed by atoms with van der Waals surface area (Å²) < 4.78 is 4.81. The van der Waals surface area contributed by atoms with Crippen LogP contribution in [0.1, 0.15) is 94.1 Å². The molecule has 2 aliphatic carbocycles. The molecule has 2 aromatic heterocycles. The molecule has 2 saturated carbocycles. The molecule has 7 aromatic rings. The van der Waals surface area contributed by atoms with E-state index in [-0.39, 0.29) is 47.7 Å². The highest BCUT2D eigenvalue weighted by atomic mass is 16.5. The second-order valence-corrected chi connectivity index (χ2v) is 18.6. The lowest BCUT2D eigenvalue weighted by molar-refractivity contribution is -0.141. The first-order valence-electron chi connectivity index (χ1n) is 22.8. The van der Waals surface area contributed by atoms with Gasteiger partial charge >= 0.3 is 6.09 Å². The number of H-pyrrole nitrogens is 2. The molecule has 64 heavy (non-hydrogen) atoms. The van der Waals surface area contributed by atoms with Gasteiger partial charge in [0.25, 0.3) is 5.91 Å². The molecule has 2 saturated heterocycles. The smallest absolute Gasteiger partial charge is 0.407 e. The van der Waals surface area contributed by atoms with Gasteiger partial charge in [-0.25, -0.2) is 14.8 Å². The molecule has 2 bridgehead atoms. The molecule has 6 atom stereocenters. The van der Waals surface area contributed by atoms with Crippen molar-refractivity contribution >= 4 is 67.4 Å².